The first-order valence-corrected chi connectivity index (χ1v) is 14.9. The summed E-state index contributed by atoms with van der Waals surface area (Å²) in [6.45, 7) is 16.6. The molecule has 0 saturated heterocycles. The molecule has 0 bridgehead atoms. The Labute approximate surface area is 245 Å². The molecule has 6 nitrogen and oxygen atoms in total. The van der Waals surface area contributed by atoms with Crippen molar-refractivity contribution in [3.8, 4) is 0 Å². The highest BCUT2D eigenvalue weighted by atomic mass is 32.2. The third-order valence-electron chi connectivity index (χ3n) is 4.45. The second-order valence-corrected chi connectivity index (χ2v) is 10.5. The van der Waals surface area contributed by atoms with Crippen molar-refractivity contribution in [3.63, 3.8) is 0 Å². The molecule has 38 heavy (non-hydrogen) atoms. The highest BCUT2D eigenvalue weighted by molar-refractivity contribution is 7.98. The van der Waals surface area contributed by atoms with Gasteiger partial charge in [0.15, 0.2) is 0 Å². The van der Waals surface area contributed by atoms with E-state index in [-0.39, 0.29) is 24.7 Å². The van der Waals surface area contributed by atoms with Gasteiger partial charge in [-0.05, 0) is 57.9 Å². The third kappa shape index (κ3) is 24.7. The van der Waals surface area contributed by atoms with Crippen molar-refractivity contribution >= 4 is 31.4 Å². The molecule has 0 aliphatic heterocycles. The second-order valence-electron chi connectivity index (χ2n) is 9.40. The zero-order valence-electron chi connectivity index (χ0n) is 25.4. The van der Waals surface area contributed by atoms with Crippen molar-refractivity contribution in [2.24, 2.45) is 5.73 Å². The zero-order valence-corrected chi connectivity index (χ0v) is 27.2. The van der Waals surface area contributed by atoms with Gasteiger partial charge in [0.05, 0.1) is 6.61 Å². The molecule has 0 aliphatic rings. The number of thiol groups is 2. The zero-order chi connectivity index (χ0) is 30.0. The summed E-state index contributed by atoms with van der Waals surface area (Å²) in [6.07, 6.45) is 8.30. The number of carbonyl (C=O) groups is 1. The summed E-state index contributed by atoms with van der Waals surface area (Å²) in [7, 11) is 1.86. The predicted octanol–water partition coefficient (Wildman–Crippen LogP) is 7.03. The Bertz CT molecular complexity index is 719. The molecule has 2 unspecified atom stereocenters. The molecule has 222 valence electrons. The maximum absolute atomic E-state index is 12.9. The largest absolute Gasteiger partial charge is 0.444 e. The number of nitrogens with two attached hydrogens (primary N) is 1. The van der Waals surface area contributed by atoms with Gasteiger partial charge < -0.3 is 25.8 Å². The van der Waals surface area contributed by atoms with E-state index in [1.54, 1.807) is 4.90 Å². The lowest BCUT2D eigenvalue weighted by molar-refractivity contribution is 0.0229. The number of carbonyl (C=O) groups excluding carboxylic acids is 1. The predicted molar refractivity (Wildman–Crippen MR) is 173 cm³/mol. The maximum atomic E-state index is 12.9. The van der Waals surface area contributed by atoms with Crippen LogP contribution in [0.5, 0.6) is 0 Å². The number of aliphatic hydroxyl groups is 1. The Morgan fingerprint density at radius 2 is 1.71 bits per heavy atom. The molecule has 1 amide bonds. The highest BCUT2D eigenvalue weighted by Crippen LogP contribution is 2.20. The van der Waals surface area contributed by atoms with E-state index < -0.39 is 5.60 Å². The van der Waals surface area contributed by atoms with Crippen LogP contribution in [0.4, 0.5) is 4.79 Å². The summed E-state index contributed by atoms with van der Waals surface area (Å²) < 4.78 is 5.63. The Hall–Kier alpha value is -1.61. The van der Waals surface area contributed by atoms with E-state index >= 15 is 0 Å². The van der Waals surface area contributed by atoms with Gasteiger partial charge in [-0.25, -0.2) is 4.79 Å². The van der Waals surface area contributed by atoms with E-state index in [0.29, 0.717) is 24.6 Å². The van der Waals surface area contributed by atoms with Crippen LogP contribution < -0.4 is 11.1 Å². The van der Waals surface area contributed by atoms with Crippen molar-refractivity contribution < 1.29 is 14.6 Å². The fraction of sp³-hybridized carbons (Fsp3) is 0.633. The van der Waals surface area contributed by atoms with Crippen molar-refractivity contribution in [1.29, 1.82) is 0 Å². The van der Waals surface area contributed by atoms with E-state index in [1.807, 2.05) is 97.3 Å². The smallest absolute Gasteiger partial charge is 0.410 e. The van der Waals surface area contributed by atoms with Gasteiger partial charge in [0.25, 0.3) is 0 Å². The van der Waals surface area contributed by atoms with Crippen molar-refractivity contribution in [2.45, 2.75) is 92.2 Å². The summed E-state index contributed by atoms with van der Waals surface area (Å²) in [6, 6.07) is 9.77. The molecule has 0 spiro atoms. The van der Waals surface area contributed by atoms with Crippen LogP contribution in [-0.2, 0) is 4.74 Å². The standard InChI is InChI=1S/C24H39N3O3.C3H8.C2H6.CH4S2/c1-19(25)10-9-11-20(16-26-5)14-15-27(23(29)30-24(2,3)4)17-22(18-28)21-12-7-6-8-13-21;1-3-2;1-2;2-1-3/h6-10,12-13,16,19,22,26,28H,11,14-15,17-18,25H2,1-5H3;3H2,1-2H3;1-2H3;2-3H,1H2/b10-9-,20-16+;;;. The maximum Gasteiger partial charge on any atom is 0.410 e. The fourth-order valence-corrected chi connectivity index (χ4v) is 2.99. The normalized spacial score (nSPS) is 12.5. The molecule has 0 saturated carbocycles. The van der Waals surface area contributed by atoms with Crippen LogP contribution in [0.15, 0.2) is 54.3 Å². The summed E-state index contributed by atoms with van der Waals surface area (Å²) in [4.78, 5) is 14.6. The Balaban J connectivity index is -0.00000136. The Kier molecular flexibility index (Phi) is 29.0. The lowest BCUT2D eigenvalue weighted by atomic mass is 9.99. The van der Waals surface area contributed by atoms with Gasteiger partial charge >= 0.3 is 6.09 Å². The number of nitrogens with zero attached hydrogens (tertiary/aromatic N) is 1. The Morgan fingerprint density at radius 1 is 1.18 bits per heavy atom. The van der Waals surface area contributed by atoms with Gasteiger partial charge in [-0.15, -0.1) is 0 Å². The van der Waals surface area contributed by atoms with E-state index in [2.05, 4.69) is 44.4 Å². The number of aliphatic hydroxyl groups excluding tert-OH is 1. The molecule has 0 aromatic heterocycles. The first kappa shape index (κ1) is 40.9. The lowest BCUT2D eigenvalue weighted by Crippen LogP contribution is -2.40. The van der Waals surface area contributed by atoms with E-state index in [1.165, 1.54) is 6.42 Å². The van der Waals surface area contributed by atoms with E-state index in [0.717, 1.165) is 17.6 Å². The summed E-state index contributed by atoms with van der Waals surface area (Å²) in [5, 5.41) is 13.7. The van der Waals surface area contributed by atoms with E-state index in [4.69, 9.17) is 10.5 Å². The number of rotatable bonds is 11. The van der Waals surface area contributed by atoms with Crippen LogP contribution >= 0.6 is 25.3 Å². The van der Waals surface area contributed by atoms with Crippen molar-refractivity contribution in [1.82, 2.24) is 10.2 Å². The molecule has 4 N–H and O–H groups in total. The lowest BCUT2D eigenvalue weighted by Gasteiger charge is -2.30. The molecule has 2 atom stereocenters. The molecule has 0 radical (unpaired) electrons. The minimum atomic E-state index is -0.583. The minimum Gasteiger partial charge on any atom is -0.444 e. The third-order valence-corrected chi connectivity index (χ3v) is 4.45. The topological polar surface area (TPSA) is 87.8 Å². The van der Waals surface area contributed by atoms with Crippen LogP contribution in [0.25, 0.3) is 0 Å². The van der Waals surface area contributed by atoms with Crippen LogP contribution in [-0.4, -0.2) is 59.6 Å². The number of hydrogen-bond acceptors (Lipinski definition) is 7. The van der Waals surface area contributed by atoms with Gasteiger partial charge in [-0.2, -0.15) is 25.3 Å². The van der Waals surface area contributed by atoms with Crippen LogP contribution in [0, 0.1) is 0 Å². The Morgan fingerprint density at radius 3 is 2.13 bits per heavy atom. The monoisotopic (exact) mass is 571 g/mol. The van der Waals surface area contributed by atoms with Gasteiger partial charge in [0, 0.05) is 37.2 Å². The van der Waals surface area contributed by atoms with Crippen LogP contribution in [0.2, 0.25) is 0 Å². The quantitative estimate of drug-likeness (QED) is 0.112. The molecule has 1 aromatic carbocycles. The molecule has 1 aromatic rings. The molecular weight excluding hydrogens is 514 g/mol. The van der Waals surface area contributed by atoms with Crippen molar-refractivity contribution in [3.05, 3.63) is 59.8 Å². The summed E-state index contributed by atoms with van der Waals surface area (Å²) in [5.74, 6) is -0.173. The number of amides is 1. The number of allylic oxidation sites excluding steroid dienone is 1. The number of benzene rings is 1. The van der Waals surface area contributed by atoms with Gasteiger partial charge in [-0.3, -0.25) is 0 Å². The SMILES string of the molecule is CC.CCC.CN/C=C(\C/C=C\C(C)N)CCN(CC(CO)c1ccccc1)C(=O)OC(C)(C)C.SCS. The van der Waals surface area contributed by atoms with E-state index in [9.17, 15) is 9.90 Å². The second kappa shape index (κ2) is 27.0. The number of ether oxygens (including phenoxy) is 1. The van der Waals surface area contributed by atoms with Crippen molar-refractivity contribution in [2.75, 3.05) is 31.8 Å². The summed E-state index contributed by atoms with van der Waals surface area (Å²) in [5.41, 5.74) is 7.36. The number of hydrogen-bond donors (Lipinski definition) is 5. The molecule has 1 rings (SSSR count). The molecule has 8 heteroatoms. The first-order chi connectivity index (χ1) is 18.0. The highest BCUT2D eigenvalue weighted by Gasteiger charge is 2.25. The molecule has 0 fully saturated rings. The summed E-state index contributed by atoms with van der Waals surface area (Å²) >= 11 is 7.31. The fourth-order valence-electron chi connectivity index (χ4n) is 2.99. The van der Waals surface area contributed by atoms with Crippen LogP contribution in [0.1, 0.15) is 86.1 Å². The van der Waals surface area contributed by atoms with Gasteiger partial charge in [0.2, 0.25) is 0 Å². The molecule has 0 aliphatic carbocycles. The van der Waals surface area contributed by atoms with Crippen LogP contribution in [0.3, 0.4) is 0 Å². The van der Waals surface area contributed by atoms with Gasteiger partial charge in [0.1, 0.15) is 5.60 Å². The first-order valence-electron chi connectivity index (χ1n) is 13.6. The average molecular weight is 572 g/mol. The minimum absolute atomic E-state index is 0.00952. The average Bonchev–Trinajstić information content (AvgIpc) is 2.85. The molecular formula is C30H57N3O3S2. The molecule has 0 heterocycles. The van der Waals surface area contributed by atoms with Gasteiger partial charge in [-0.1, -0.05) is 76.6 Å². The number of nitrogens with one attached hydrogen (secondary N) is 1.